The molecule has 0 N–H and O–H groups in total. The molecule has 1 radical (unpaired) electrons. The summed E-state index contributed by atoms with van der Waals surface area (Å²) in [4.78, 5) is 0. The van der Waals surface area contributed by atoms with Crippen molar-refractivity contribution < 1.29 is 0 Å². The largest absolute Gasteiger partial charge is 0.0879 e. The van der Waals surface area contributed by atoms with Gasteiger partial charge in [0.25, 0.3) is 0 Å². The van der Waals surface area contributed by atoms with Gasteiger partial charge in [0.15, 0.2) is 0 Å². The second-order valence-corrected chi connectivity index (χ2v) is 3.20. The summed E-state index contributed by atoms with van der Waals surface area (Å²) in [6.45, 7) is 4.67. The van der Waals surface area contributed by atoms with Gasteiger partial charge in [0.05, 0.1) is 6.71 Å². The molecule has 0 nitrogen and oxygen atoms in total. The molecular weight excluding hydrogens is 153 g/mol. The van der Waals surface area contributed by atoms with E-state index < -0.39 is 0 Å². The molecule has 0 amide bonds. The highest BCUT2D eigenvalue weighted by molar-refractivity contribution is 8.08. The number of hydrogen-bond donors (Lipinski definition) is 0. The van der Waals surface area contributed by atoms with E-state index in [-0.39, 0.29) is 0 Å². The minimum absolute atomic E-state index is 0.472. The van der Waals surface area contributed by atoms with E-state index in [9.17, 15) is 0 Å². The van der Waals surface area contributed by atoms with Crippen LogP contribution in [0.1, 0.15) is 0 Å². The maximum atomic E-state index is 4.79. The molecular formula is C2H6ClP2S. The Morgan fingerprint density at radius 3 is 1.50 bits per heavy atom. The highest BCUT2D eigenvalue weighted by Crippen LogP contribution is 1.93. The molecule has 0 heterocycles. The van der Waals surface area contributed by atoms with Crippen LogP contribution in [-0.4, -0.2) is 13.3 Å². The van der Waals surface area contributed by atoms with Crippen LogP contribution in [0.25, 0.3) is 0 Å². The van der Waals surface area contributed by atoms with Gasteiger partial charge in [-0.25, -0.2) is 0 Å². The molecule has 0 spiro atoms. The number of hydrogen-bond acceptors (Lipinski definition) is 1. The quantitative estimate of drug-likeness (QED) is 0.490. The van der Waals surface area contributed by atoms with Crippen molar-refractivity contribution in [2.75, 3.05) is 13.3 Å². The lowest BCUT2D eigenvalue weighted by atomic mass is 11.9. The fraction of sp³-hybridized carbons (Fsp3) is 1.00. The van der Waals surface area contributed by atoms with Crippen molar-refractivity contribution in [1.29, 1.82) is 0 Å². The second kappa shape index (κ2) is 16.3. The topological polar surface area (TPSA) is 0 Å². The maximum Gasteiger partial charge on any atom is 0.0830 e. The molecule has 37 valence electrons. The van der Waals surface area contributed by atoms with Crippen molar-refractivity contribution in [2.24, 2.45) is 0 Å². The zero-order valence-corrected chi connectivity index (χ0v) is 7.04. The van der Waals surface area contributed by atoms with Gasteiger partial charge in [-0.2, -0.15) is 0 Å². The highest BCUT2D eigenvalue weighted by atomic mass is 35.7. The van der Waals surface area contributed by atoms with Crippen molar-refractivity contribution in [3.63, 3.8) is 0 Å². The van der Waals surface area contributed by atoms with Gasteiger partial charge in [0, 0.05) is 0 Å². The molecule has 0 fully saturated rings. The van der Waals surface area contributed by atoms with Gasteiger partial charge >= 0.3 is 0 Å². The van der Waals surface area contributed by atoms with Gasteiger partial charge in [-0.15, -0.1) is 0 Å². The van der Waals surface area contributed by atoms with Crippen molar-refractivity contribution in [2.45, 2.75) is 0 Å². The van der Waals surface area contributed by atoms with E-state index in [0.29, 0.717) is 6.71 Å². The summed E-state index contributed by atoms with van der Waals surface area (Å²) in [5, 5.41) is 0. The summed E-state index contributed by atoms with van der Waals surface area (Å²) in [6, 6.07) is 0. The molecule has 0 aromatic carbocycles. The standard InChI is InChI=1S/C2H6P.ClPS/c1-3-2;1-2-3/h1-2H3;. The zero-order valence-electron chi connectivity index (χ0n) is 3.68. The molecule has 0 atom stereocenters. The lowest BCUT2D eigenvalue weighted by Gasteiger charge is -1.48. The molecule has 0 saturated heterocycles. The Labute approximate surface area is 52.1 Å². The third kappa shape index (κ3) is 61.3. The molecule has 0 unspecified atom stereocenters. The average molecular weight is 160 g/mol. The third-order valence-corrected chi connectivity index (χ3v) is 0. The number of rotatable bonds is 0. The first-order chi connectivity index (χ1) is 2.83. The van der Waals surface area contributed by atoms with Crippen LogP contribution in [0.3, 0.4) is 0 Å². The molecule has 0 aliphatic heterocycles. The predicted octanol–water partition coefficient (Wildman–Crippen LogP) is 2.74. The Morgan fingerprint density at radius 1 is 1.50 bits per heavy atom. The van der Waals surface area contributed by atoms with Gasteiger partial charge in [-0.3, -0.25) is 0 Å². The fourth-order valence-corrected chi connectivity index (χ4v) is 0. The van der Waals surface area contributed by atoms with Gasteiger partial charge in [0.2, 0.25) is 0 Å². The van der Waals surface area contributed by atoms with E-state index in [1.807, 2.05) is 0 Å². The Bertz CT molecular complexity index is 25.5. The van der Waals surface area contributed by atoms with Gasteiger partial charge < -0.3 is 0 Å². The normalized spacial score (nSPS) is 6.50. The Morgan fingerprint density at radius 2 is 1.50 bits per heavy atom. The molecule has 6 heavy (non-hydrogen) atoms. The second-order valence-electron chi connectivity index (χ2n) is 0.516. The van der Waals surface area contributed by atoms with Gasteiger partial charge in [-0.1, -0.05) is 8.58 Å². The smallest absolute Gasteiger partial charge is 0.0830 e. The van der Waals surface area contributed by atoms with Gasteiger partial charge in [-0.05, 0) is 36.4 Å². The van der Waals surface area contributed by atoms with E-state index >= 15 is 0 Å². The molecule has 4 heteroatoms. The summed E-state index contributed by atoms with van der Waals surface area (Å²) in [5.41, 5.74) is 0. The van der Waals surface area contributed by atoms with Crippen LogP contribution in [0.4, 0.5) is 0 Å². The average Bonchev–Trinajstić information content (AvgIpc) is 1.39. The van der Waals surface area contributed by atoms with Crippen LogP contribution in [0.15, 0.2) is 0 Å². The summed E-state index contributed by atoms with van der Waals surface area (Å²) >= 11 is 8.92. The minimum atomic E-state index is 0.472. The van der Waals surface area contributed by atoms with Crippen molar-refractivity contribution >= 4 is 38.3 Å². The van der Waals surface area contributed by atoms with E-state index in [1.165, 1.54) is 8.58 Å². The van der Waals surface area contributed by atoms with E-state index in [0.717, 1.165) is 0 Å². The van der Waals surface area contributed by atoms with Crippen LogP contribution < -0.4 is 0 Å². The predicted molar refractivity (Wildman–Crippen MR) is 38.9 cm³/mol. The van der Waals surface area contributed by atoms with E-state index in [4.69, 9.17) is 11.2 Å². The van der Waals surface area contributed by atoms with Crippen LogP contribution >= 0.6 is 26.5 Å². The van der Waals surface area contributed by atoms with Crippen molar-refractivity contribution in [1.82, 2.24) is 0 Å². The van der Waals surface area contributed by atoms with Crippen LogP contribution in [-0.2, 0) is 11.8 Å². The van der Waals surface area contributed by atoms with Crippen LogP contribution in [0.5, 0.6) is 0 Å². The monoisotopic (exact) mass is 159 g/mol. The molecule has 0 aliphatic rings. The molecule has 0 aromatic heterocycles. The number of halogens is 1. The Kier molecular flexibility index (Phi) is 27.9. The van der Waals surface area contributed by atoms with Crippen LogP contribution in [0.2, 0.25) is 0 Å². The first kappa shape index (κ1) is 10.3. The lowest BCUT2D eigenvalue weighted by molar-refractivity contribution is 2.32. The summed E-state index contributed by atoms with van der Waals surface area (Å²) in [7, 11) is 1.42. The molecule has 0 bridgehead atoms. The minimum Gasteiger partial charge on any atom is -0.0879 e. The fourth-order valence-electron chi connectivity index (χ4n) is 0. The molecule has 0 saturated carbocycles. The molecule has 0 rings (SSSR count). The zero-order chi connectivity index (χ0) is 5.41. The van der Waals surface area contributed by atoms with Gasteiger partial charge in [0.1, 0.15) is 0 Å². The molecule has 0 aromatic rings. The lowest BCUT2D eigenvalue weighted by Crippen LogP contribution is -1.18. The third-order valence-electron chi connectivity index (χ3n) is 0. The van der Waals surface area contributed by atoms with Crippen LogP contribution in [0, 0.1) is 0 Å². The summed E-state index contributed by atoms with van der Waals surface area (Å²) < 4.78 is 0. The summed E-state index contributed by atoms with van der Waals surface area (Å²) in [5.74, 6) is 0. The first-order valence-corrected chi connectivity index (χ1v) is 5.85. The maximum absolute atomic E-state index is 4.79. The first-order valence-electron chi connectivity index (χ1n) is 1.25. The Hall–Kier alpha value is 1.24. The highest BCUT2D eigenvalue weighted by Gasteiger charge is 1.35. The Balaban J connectivity index is 0. The van der Waals surface area contributed by atoms with E-state index in [2.05, 4.69) is 25.1 Å². The van der Waals surface area contributed by atoms with E-state index in [1.54, 1.807) is 0 Å². The van der Waals surface area contributed by atoms with Crippen molar-refractivity contribution in [3.05, 3.63) is 0 Å². The summed E-state index contributed by atoms with van der Waals surface area (Å²) in [6.07, 6.45) is 0. The SMILES string of the molecule is C[P]C.S=PCl. The molecule has 0 aliphatic carbocycles. The van der Waals surface area contributed by atoms with Crippen molar-refractivity contribution in [3.8, 4) is 0 Å².